The molecule has 1 rings (SSSR count). The van der Waals surface area contributed by atoms with Crippen LogP contribution in [0, 0.1) is 10.6 Å². The highest BCUT2D eigenvalue weighted by molar-refractivity contribution is 14.1. The van der Waals surface area contributed by atoms with E-state index in [1.807, 2.05) is 0 Å². The van der Waals surface area contributed by atoms with Crippen LogP contribution in [0.3, 0.4) is 0 Å². The quantitative estimate of drug-likeness (QED) is 0.470. The molecule has 0 bridgehead atoms. The van der Waals surface area contributed by atoms with Gasteiger partial charge in [-0.15, -0.1) is 13.2 Å². The normalized spacial score (nSPS) is 11.6. The van der Waals surface area contributed by atoms with Crippen molar-refractivity contribution in [3.05, 3.63) is 20.9 Å². The molecule has 84 valence electrons. The number of pyridine rings is 1. The maximum atomic E-state index is 12.4. The maximum Gasteiger partial charge on any atom is 0.574 e. The first-order valence-electron chi connectivity index (χ1n) is 3.81. The zero-order valence-electron chi connectivity index (χ0n) is 7.53. The lowest BCUT2D eigenvalue weighted by molar-refractivity contribution is -0.276. The average Bonchev–Trinajstić information content (AvgIpc) is 2.08. The molecule has 1 heterocycles. The van der Waals surface area contributed by atoms with Gasteiger partial charge in [0, 0.05) is 6.07 Å². The largest absolute Gasteiger partial charge is 0.574 e. The van der Waals surface area contributed by atoms with Crippen molar-refractivity contribution in [3.8, 4) is 5.88 Å². The van der Waals surface area contributed by atoms with Gasteiger partial charge >= 0.3 is 6.36 Å². The van der Waals surface area contributed by atoms with Crippen molar-refractivity contribution < 1.29 is 22.3 Å². The summed E-state index contributed by atoms with van der Waals surface area (Å²) < 4.78 is 51.9. The molecule has 0 atom stereocenters. The van der Waals surface area contributed by atoms with Crippen LogP contribution in [0.25, 0.3) is 0 Å². The maximum absolute atomic E-state index is 12.4. The number of hydrogen-bond acceptors (Lipinski definition) is 2. The Hall–Kier alpha value is -0.600. The lowest BCUT2D eigenvalue weighted by atomic mass is 10.2. The summed E-state index contributed by atoms with van der Waals surface area (Å²) in [7, 11) is 0. The molecule has 2 nitrogen and oxygen atoms in total. The average molecular weight is 335 g/mol. The number of halogens is 5. The Bertz CT molecular complexity index is 366. The van der Waals surface area contributed by atoms with E-state index in [0.29, 0.717) is 9.26 Å². The van der Waals surface area contributed by atoms with Gasteiger partial charge < -0.3 is 4.74 Å². The predicted octanol–water partition coefficient (Wildman–Crippen LogP) is 3.36. The number of alkyl halides is 4. The van der Waals surface area contributed by atoms with Crippen LogP contribution in [0.5, 0.6) is 5.88 Å². The molecule has 0 saturated carbocycles. The molecule has 0 N–H and O–H groups in total. The van der Waals surface area contributed by atoms with Crippen molar-refractivity contribution in [1.82, 2.24) is 4.98 Å². The fourth-order valence-electron chi connectivity index (χ4n) is 0.912. The van der Waals surface area contributed by atoms with E-state index in [-0.39, 0.29) is 5.56 Å². The van der Waals surface area contributed by atoms with Crippen LogP contribution in [0.15, 0.2) is 6.07 Å². The Morgan fingerprint density at radius 2 is 2.07 bits per heavy atom. The molecule has 0 radical (unpaired) electrons. The SMILES string of the molecule is Cc1c(CF)cc(OC(F)(F)F)nc1I. The number of hydrogen-bond donors (Lipinski definition) is 0. The van der Waals surface area contributed by atoms with Gasteiger partial charge in [-0.05, 0) is 40.6 Å². The van der Waals surface area contributed by atoms with Crippen molar-refractivity contribution in [2.24, 2.45) is 0 Å². The Morgan fingerprint density at radius 1 is 1.47 bits per heavy atom. The molecule has 0 unspecified atom stereocenters. The van der Waals surface area contributed by atoms with Gasteiger partial charge in [0.25, 0.3) is 0 Å². The molecule has 0 amide bonds. The first-order chi connectivity index (χ1) is 6.83. The third kappa shape index (κ3) is 3.47. The van der Waals surface area contributed by atoms with Crippen molar-refractivity contribution in [2.45, 2.75) is 20.0 Å². The van der Waals surface area contributed by atoms with Gasteiger partial charge in [-0.3, -0.25) is 0 Å². The fourth-order valence-corrected chi connectivity index (χ4v) is 1.50. The van der Waals surface area contributed by atoms with Gasteiger partial charge in [0.2, 0.25) is 5.88 Å². The number of nitrogens with zero attached hydrogens (tertiary/aromatic N) is 1. The molecule has 0 fully saturated rings. The smallest absolute Gasteiger partial charge is 0.388 e. The van der Waals surface area contributed by atoms with Crippen LogP contribution >= 0.6 is 22.6 Å². The van der Waals surface area contributed by atoms with Gasteiger partial charge in [-0.25, -0.2) is 9.37 Å². The van der Waals surface area contributed by atoms with Gasteiger partial charge in [0.15, 0.2) is 0 Å². The van der Waals surface area contributed by atoms with Crippen molar-refractivity contribution in [2.75, 3.05) is 0 Å². The second kappa shape index (κ2) is 4.50. The summed E-state index contributed by atoms with van der Waals surface area (Å²) in [4.78, 5) is 3.54. The third-order valence-corrected chi connectivity index (χ3v) is 2.71. The van der Waals surface area contributed by atoms with Crippen LogP contribution in [-0.2, 0) is 6.67 Å². The fraction of sp³-hybridized carbons (Fsp3) is 0.375. The van der Waals surface area contributed by atoms with E-state index in [9.17, 15) is 17.6 Å². The zero-order valence-corrected chi connectivity index (χ0v) is 9.69. The lowest BCUT2D eigenvalue weighted by Gasteiger charge is -2.10. The van der Waals surface area contributed by atoms with Crippen molar-refractivity contribution in [1.29, 1.82) is 0 Å². The molecule has 0 saturated heterocycles. The number of aromatic nitrogens is 1. The van der Waals surface area contributed by atoms with Crippen LogP contribution in [0.1, 0.15) is 11.1 Å². The molecular weight excluding hydrogens is 329 g/mol. The van der Waals surface area contributed by atoms with Crippen LogP contribution in [0.2, 0.25) is 0 Å². The lowest BCUT2D eigenvalue weighted by Crippen LogP contribution is -2.18. The molecule has 0 aliphatic rings. The van der Waals surface area contributed by atoms with E-state index in [2.05, 4.69) is 9.72 Å². The van der Waals surface area contributed by atoms with Gasteiger partial charge in [0.05, 0.1) is 0 Å². The van der Waals surface area contributed by atoms with E-state index in [4.69, 9.17) is 0 Å². The number of ether oxygens (including phenoxy) is 1. The number of rotatable bonds is 2. The summed E-state index contributed by atoms with van der Waals surface area (Å²) in [5.41, 5.74) is 0.668. The minimum atomic E-state index is -4.81. The summed E-state index contributed by atoms with van der Waals surface area (Å²) in [6, 6.07) is 0.949. The second-order valence-corrected chi connectivity index (χ2v) is 3.74. The van der Waals surface area contributed by atoms with E-state index in [0.717, 1.165) is 6.07 Å². The highest BCUT2D eigenvalue weighted by atomic mass is 127. The first-order valence-corrected chi connectivity index (χ1v) is 4.89. The summed E-state index contributed by atoms with van der Waals surface area (Å²) >= 11 is 1.73. The Morgan fingerprint density at radius 3 is 2.53 bits per heavy atom. The standard InChI is InChI=1S/C8H6F4INO/c1-4-5(3-9)2-6(14-7(4)13)15-8(10,11)12/h2H,3H2,1H3. The molecule has 0 spiro atoms. The minimum Gasteiger partial charge on any atom is -0.388 e. The van der Waals surface area contributed by atoms with E-state index in [1.54, 1.807) is 29.5 Å². The molecular formula is C8H6F4INO. The summed E-state index contributed by atoms with van der Waals surface area (Å²) in [6.45, 7) is 0.736. The second-order valence-electron chi connectivity index (χ2n) is 2.72. The van der Waals surface area contributed by atoms with Crippen LogP contribution in [-0.4, -0.2) is 11.3 Å². The minimum absolute atomic E-state index is 0.147. The highest BCUT2D eigenvalue weighted by Crippen LogP contribution is 2.25. The molecule has 0 aliphatic heterocycles. The van der Waals surface area contributed by atoms with Gasteiger partial charge in [0.1, 0.15) is 10.4 Å². The van der Waals surface area contributed by atoms with E-state index >= 15 is 0 Å². The monoisotopic (exact) mass is 335 g/mol. The molecule has 7 heteroatoms. The third-order valence-electron chi connectivity index (χ3n) is 1.66. The van der Waals surface area contributed by atoms with Crippen LogP contribution in [0.4, 0.5) is 17.6 Å². The highest BCUT2D eigenvalue weighted by Gasteiger charge is 2.32. The first kappa shape index (κ1) is 12.5. The van der Waals surface area contributed by atoms with Gasteiger partial charge in [-0.1, -0.05) is 0 Å². The molecule has 1 aromatic rings. The molecule has 0 aromatic carbocycles. The van der Waals surface area contributed by atoms with Crippen molar-refractivity contribution >= 4 is 22.6 Å². The van der Waals surface area contributed by atoms with E-state index < -0.39 is 18.9 Å². The molecule has 15 heavy (non-hydrogen) atoms. The zero-order chi connectivity index (χ0) is 11.6. The Labute approximate surface area is 96.8 Å². The predicted molar refractivity (Wildman–Crippen MR) is 53.2 cm³/mol. The topological polar surface area (TPSA) is 22.1 Å². The summed E-state index contributed by atoms with van der Waals surface area (Å²) in [5.74, 6) is -0.634. The molecule has 1 aromatic heterocycles. The van der Waals surface area contributed by atoms with Crippen LogP contribution < -0.4 is 4.74 Å². The molecule has 0 aliphatic carbocycles. The summed E-state index contributed by atoms with van der Waals surface area (Å²) in [6.07, 6.45) is -4.81. The summed E-state index contributed by atoms with van der Waals surface area (Å²) in [5, 5.41) is 0. The van der Waals surface area contributed by atoms with Crippen molar-refractivity contribution in [3.63, 3.8) is 0 Å². The Balaban J connectivity index is 3.06. The van der Waals surface area contributed by atoms with E-state index in [1.165, 1.54) is 0 Å². The van der Waals surface area contributed by atoms with Gasteiger partial charge in [-0.2, -0.15) is 0 Å². The Kier molecular flexibility index (Phi) is 3.74.